The largest absolute Gasteiger partial charge is 0.504 e. The van der Waals surface area contributed by atoms with E-state index < -0.39 is 0 Å². The molecule has 4 rings (SSSR count). The molecule has 0 spiro atoms. The minimum Gasteiger partial charge on any atom is -0.504 e. The molecule has 0 saturated heterocycles. The first-order chi connectivity index (χ1) is 15.0. The SMILES string of the molecule is CCOc1cc(CN2CCc3c(cnc(C)c3CNC(=O)c3ccco3)C2)ccc1O. The lowest BCUT2D eigenvalue weighted by Crippen LogP contribution is -2.32. The molecule has 3 heterocycles. The number of carbonyl (C=O) groups is 1. The molecule has 0 radical (unpaired) electrons. The van der Waals surface area contributed by atoms with E-state index in [9.17, 15) is 9.90 Å². The average molecular weight is 421 g/mol. The first-order valence-corrected chi connectivity index (χ1v) is 10.5. The number of aromatic hydroxyl groups is 1. The van der Waals surface area contributed by atoms with Crippen LogP contribution in [-0.4, -0.2) is 34.0 Å². The zero-order valence-corrected chi connectivity index (χ0v) is 17.9. The van der Waals surface area contributed by atoms with Gasteiger partial charge < -0.3 is 19.6 Å². The van der Waals surface area contributed by atoms with Gasteiger partial charge in [-0.2, -0.15) is 0 Å². The molecule has 162 valence electrons. The van der Waals surface area contributed by atoms with Crippen LogP contribution >= 0.6 is 0 Å². The molecule has 1 aromatic carbocycles. The number of pyridine rings is 1. The molecule has 1 amide bonds. The van der Waals surface area contributed by atoms with E-state index in [0.717, 1.165) is 42.9 Å². The highest BCUT2D eigenvalue weighted by molar-refractivity contribution is 5.91. The molecule has 0 saturated carbocycles. The Bertz CT molecular complexity index is 1060. The highest BCUT2D eigenvalue weighted by Crippen LogP contribution is 2.29. The van der Waals surface area contributed by atoms with Crippen molar-refractivity contribution in [2.75, 3.05) is 13.2 Å². The molecule has 3 aromatic rings. The van der Waals surface area contributed by atoms with Gasteiger partial charge in [0.15, 0.2) is 17.3 Å². The van der Waals surface area contributed by atoms with Crippen LogP contribution in [0.3, 0.4) is 0 Å². The monoisotopic (exact) mass is 421 g/mol. The second-order valence-electron chi connectivity index (χ2n) is 7.68. The second kappa shape index (κ2) is 9.22. The summed E-state index contributed by atoms with van der Waals surface area (Å²) >= 11 is 0. The van der Waals surface area contributed by atoms with Crippen LogP contribution in [0, 0.1) is 6.92 Å². The maximum Gasteiger partial charge on any atom is 0.287 e. The molecule has 0 fully saturated rings. The molecule has 1 aliphatic heterocycles. The summed E-state index contributed by atoms with van der Waals surface area (Å²) in [6.45, 7) is 7.27. The van der Waals surface area contributed by atoms with Crippen molar-refractivity contribution in [1.29, 1.82) is 0 Å². The van der Waals surface area contributed by atoms with E-state index in [1.165, 1.54) is 17.4 Å². The molecule has 2 aromatic heterocycles. The van der Waals surface area contributed by atoms with Gasteiger partial charge in [0.2, 0.25) is 0 Å². The number of benzene rings is 1. The van der Waals surface area contributed by atoms with Crippen molar-refractivity contribution in [3.8, 4) is 11.5 Å². The third-order valence-electron chi connectivity index (χ3n) is 5.58. The topological polar surface area (TPSA) is 87.8 Å². The maximum atomic E-state index is 12.3. The number of rotatable bonds is 7. The summed E-state index contributed by atoms with van der Waals surface area (Å²) < 4.78 is 10.7. The summed E-state index contributed by atoms with van der Waals surface area (Å²) in [4.78, 5) is 19.2. The number of nitrogens with one attached hydrogen (secondary N) is 1. The predicted octanol–water partition coefficient (Wildman–Crippen LogP) is 3.58. The van der Waals surface area contributed by atoms with Crippen molar-refractivity contribution in [2.24, 2.45) is 0 Å². The number of aryl methyl sites for hydroxylation is 1. The molecule has 0 bridgehead atoms. The number of hydrogen-bond donors (Lipinski definition) is 2. The summed E-state index contributed by atoms with van der Waals surface area (Å²) in [5.41, 5.74) is 5.56. The molecule has 31 heavy (non-hydrogen) atoms. The summed E-state index contributed by atoms with van der Waals surface area (Å²) in [6, 6.07) is 8.86. The summed E-state index contributed by atoms with van der Waals surface area (Å²) in [7, 11) is 0. The van der Waals surface area contributed by atoms with Crippen LogP contribution in [0.25, 0.3) is 0 Å². The van der Waals surface area contributed by atoms with Crippen LogP contribution in [0.15, 0.2) is 47.2 Å². The van der Waals surface area contributed by atoms with Crippen molar-refractivity contribution < 1.29 is 19.1 Å². The van der Waals surface area contributed by atoms with Crippen LogP contribution in [-0.2, 0) is 26.1 Å². The van der Waals surface area contributed by atoms with Crippen molar-refractivity contribution >= 4 is 5.91 Å². The van der Waals surface area contributed by atoms with E-state index in [1.807, 2.05) is 32.2 Å². The number of phenolic OH excluding ortho intramolecular Hbond substituents is 1. The van der Waals surface area contributed by atoms with Gasteiger partial charge in [0.1, 0.15) is 0 Å². The zero-order chi connectivity index (χ0) is 21.8. The van der Waals surface area contributed by atoms with Gasteiger partial charge in [-0.15, -0.1) is 0 Å². The van der Waals surface area contributed by atoms with Crippen molar-refractivity contribution in [1.82, 2.24) is 15.2 Å². The molecular weight excluding hydrogens is 394 g/mol. The van der Waals surface area contributed by atoms with E-state index in [4.69, 9.17) is 9.15 Å². The normalized spacial score (nSPS) is 13.6. The Hall–Kier alpha value is -3.32. The fourth-order valence-electron chi connectivity index (χ4n) is 4.00. The van der Waals surface area contributed by atoms with Gasteiger partial charge in [-0.25, -0.2) is 0 Å². The van der Waals surface area contributed by atoms with E-state index in [1.54, 1.807) is 18.2 Å². The predicted molar refractivity (Wildman–Crippen MR) is 116 cm³/mol. The van der Waals surface area contributed by atoms with Crippen molar-refractivity contribution in [2.45, 2.75) is 39.9 Å². The quantitative estimate of drug-likeness (QED) is 0.606. The fraction of sp³-hybridized carbons (Fsp3) is 0.333. The highest BCUT2D eigenvalue weighted by atomic mass is 16.5. The first-order valence-electron chi connectivity index (χ1n) is 10.5. The van der Waals surface area contributed by atoms with Gasteiger partial charge in [0, 0.05) is 38.1 Å². The lowest BCUT2D eigenvalue weighted by atomic mass is 9.94. The molecule has 1 aliphatic rings. The van der Waals surface area contributed by atoms with Gasteiger partial charge in [-0.1, -0.05) is 6.07 Å². The molecular formula is C24H27N3O4. The van der Waals surface area contributed by atoms with E-state index in [2.05, 4.69) is 15.2 Å². The number of phenols is 1. The third kappa shape index (κ3) is 4.72. The minimum atomic E-state index is -0.225. The van der Waals surface area contributed by atoms with Gasteiger partial charge in [0.05, 0.1) is 12.9 Å². The van der Waals surface area contributed by atoms with Crippen LogP contribution in [0.4, 0.5) is 0 Å². The standard InChI is InChI=1S/C24H27N3O4/c1-3-30-23-11-17(6-7-21(23)28)14-27-9-8-19-18(15-27)12-25-16(2)20(19)13-26-24(29)22-5-4-10-31-22/h4-7,10-12,28H,3,8-9,13-15H2,1-2H3,(H,26,29). The number of fused-ring (bicyclic) bond motifs is 1. The van der Waals surface area contributed by atoms with Crippen LogP contribution < -0.4 is 10.1 Å². The Morgan fingerprint density at radius 3 is 3.00 bits per heavy atom. The van der Waals surface area contributed by atoms with Gasteiger partial charge in [-0.05, 0) is 66.8 Å². The van der Waals surface area contributed by atoms with E-state index in [0.29, 0.717) is 24.7 Å². The summed E-state index contributed by atoms with van der Waals surface area (Å²) in [5.74, 6) is 0.763. The summed E-state index contributed by atoms with van der Waals surface area (Å²) in [6.07, 6.45) is 4.32. The summed E-state index contributed by atoms with van der Waals surface area (Å²) in [5, 5.41) is 12.9. The number of amides is 1. The smallest absolute Gasteiger partial charge is 0.287 e. The number of furan rings is 1. The fourth-order valence-corrected chi connectivity index (χ4v) is 4.00. The Labute approximate surface area is 181 Å². The Kier molecular flexibility index (Phi) is 6.23. The molecule has 0 atom stereocenters. The van der Waals surface area contributed by atoms with Crippen molar-refractivity contribution in [3.05, 3.63) is 76.5 Å². The third-order valence-corrected chi connectivity index (χ3v) is 5.58. The molecule has 7 nitrogen and oxygen atoms in total. The molecule has 7 heteroatoms. The molecule has 0 unspecified atom stereocenters. The highest BCUT2D eigenvalue weighted by Gasteiger charge is 2.22. The number of nitrogens with zero attached hydrogens (tertiary/aromatic N) is 2. The maximum absolute atomic E-state index is 12.3. The van der Waals surface area contributed by atoms with Gasteiger partial charge in [0.25, 0.3) is 5.91 Å². The Balaban J connectivity index is 1.45. The van der Waals surface area contributed by atoms with E-state index in [-0.39, 0.29) is 11.7 Å². The Morgan fingerprint density at radius 1 is 1.35 bits per heavy atom. The number of hydrogen-bond acceptors (Lipinski definition) is 6. The van der Waals surface area contributed by atoms with E-state index >= 15 is 0 Å². The van der Waals surface area contributed by atoms with Crippen LogP contribution in [0.1, 0.15) is 45.4 Å². The van der Waals surface area contributed by atoms with Gasteiger partial charge in [-0.3, -0.25) is 14.7 Å². The van der Waals surface area contributed by atoms with Crippen LogP contribution in [0.2, 0.25) is 0 Å². The molecule has 2 N–H and O–H groups in total. The lowest BCUT2D eigenvalue weighted by molar-refractivity contribution is 0.0923. The van der Waals surface area contributed by atoms with Gasteiger partial charge >= 0.3 is 0 Å². The number of carbonyl (C=O) groups excluding carboxylic acids is 1. The van der Waals surface area contributed by atoms with Crippen molar-refractivity contribution in [3.63, 3.8) is 0 Å². The zero-order valence-electron chi connectivity index (χ0n) is 17.9. The number of ether oxygens (including phenoxy) is 1. The second-order valence-corrected chi connectivity index (χ2v) is 7.68. The minimum absolute atomic E-state index is 0.163. The lowest BCUT2D eigenvalue weighted by Gasteiger charge is -2.30. The Morgan fingerprint density at radius 2 is 2.23 bits per heavy atom. The molecule has 0 aliphatic carbocycles. The van der Waals surface area contributed by atoms with Crippen LogP contribution in [0.5, 0.6) is 11.5 Å². The first kappa shape index (κ1) is 20.9. The average Bonchev–Trinajstić information content (AvgIpc) is 3.30. The number of aromatic nitrogens is 1.